The van der Waals surface area contributed by atoms with Crippen LogP contribution in [0, 0.1) is 19.3 Å². The van der Waals surface area contributed by atoms with E-state index in [9.17, 15) is 4.79 Å². The summed E-state index contributed by atoms with van der Waals surface area (Å²) < 4.78 is 0. The third-order valence-electron chi connectivity index (χ3n) is 3.48. The van der Waals surface area contributed by atoms with Crippen molar-refractivity contribution < 1.29 is 4.79 Å². The molecule has 0 fully saturated rings. The molecule has 3 N–H and O–H groups in total. The summed E-state index contributed by atoms with van der Waals surface area (Å²) in [6, 6.07) is 5.75. The fraction of sp³-hybridized carbons (Fsp3) is 0.562. The molecule has 3 nitrogen and oxygen atoms in total. The highest BCUT2D eigenvalue weighted by atomic mass is 16.2. The number of carbonyl (C=O) groups excluding carboxylic acids is 1. The van der Waals surface area contributed by atoms with Gasteiger partial charge in [0.25, 0.3) is 0 Å². The molecule has 0 aliphatic rings. The Hall–Kier alpha value is -1.35. The van der Waals surface area contributed by atoms with Gasteiger partial charge in [-0.25, -0.2) is 0 Å². The normalized spacial score (nSPS) is 14.9. The Labute approximate surface area is 116 Å². The van der Waals surface area contributed by atoms with Gasteiger partial charge in [-0.05, 0) is 37.3 Å². The van der Waals surface area contributed by atoms with Crippen molar-refractivity contribution >= 4 is 5.91 Å². The zero-order chi connectivity index (χ0) is 14.8. The van der Waals surface area contributed by atoms with Crippen molar-refractivity contribution in [2.45, 2.75) is 53.6 Å². The molecule has 0 aliphatic heterocycles. The molecule has 0 saturated carbocycles. The lowest BCUT2D eigenvalue weighted by Crippen LogP contribution is -2.49. The van der Waals surface area contributed by atoms with Gasteiger partial charge in [-0.1, -0.05) is 44.5 Å². The number of nitrogens with one attached hydrogen (secondary N) is 1. The Balaban J connectivity index is 2.83. The van der Waals surface area contributed by atoms with Gasteiger partial charge in [0.15, 0.2) is 0 Å². The minimum absolute atomic E-state index is 0.0270. The molecular weight excluding hydrogens is 236 g/mol. The molecule has 1 aromatic carbocycles. The van der Waals surface area contributed by atoms with Crippen molar-refractivity contribution in [3.05, 3.63) is 34.9 Å². The summed E-state index contributed by atoms with van der Waals surface area (Å²) in [5.74, 6) is -0.0964. The van der Waals surface area contributed by atoms with Crippen LogP contribution in [0.1, 0.15) is 50.4 Å². The molecule has 0 aliphatic carbocycles. The van der Waals surface area contributed by atoms with Crippen molar-refractivity contribution in [3.63, 3.8) is 0 Å². The number of nitrogens with two attached hydrogens (primary N) is 1. The van der Waals surface area contributed by atoms with E-state index in [1.54, 1.807) is 0 Å². The van der Waals surface area contributed by atoms with Crippen molar-refractivity contribution in [2.24, 2.45) is 11.1 Å². The van der Waals surface area contributed by atoms with Gasteiger partial charge < -0.3 is 11.1 Å². The van der Waals surface area contributed by atoms with E-state index in [0.29, 0.717) is 0 Å². The van der Waals surface area contributed by atoms with Gasteiger partial charge in [0.1, 0.15) is 0 Å². The number of hydrogen-bond donors (Lipinski definition) is 2. The molecule has 0 spiro atoms. The minimum Gasteiger partial charge on any atom is -0.348 e. The second-order valence-corrected chi connectivity index (χ2v) is 6.43. The summed E-state index contributed by atoms with van der Waals surface area (Å²) in [7, 11) is 0. The average molecular weight is 262 g/mol. The third-order valence-corrected chi connectivity index (χ3v) is 3.48. The first-order valence-corrected chi connectivity index (χ1v) is 6.76. The Morgan fingerprint density at radius 3 is 2.37 bits per heavy atom. The summed E-state index contributed by atoms with van der Waals surface area (Å²) in [4.78, 5) is 12.1. The predicted octanol–water partition coefficient (Wildman–Crippen LogP) is 2.85. The molecule has 1 amide bonds. The van der Waals surface area contributed by atoms with Gasteiger partial charge in [0.2, 0.25) is 5.91 Å². The van der Waals surface area contributed by atoms with E-state index >= 15 is 0 Å². The maximum atomic E-state index is 12.1. The standard InChI is InChI=1S/C16H26N2O/c1-10-7-8-11(2)13(9-10)12(3)18-15(19)14(17)16(4,5)6/h7-9,12,14H,17H2,1-6H3,(H,18,19). The largest absolute Gasteiger partial charge is 0.348 e. The van der Waals surface area contributed by atoms with Crippen LogP contribution in [-0.4, -0.2) is 11.9 Å². The fourth-order valence-electron chi connectivity index (χ4n) is 2.00. The SMILES string of the molecule is Cc1ccc(C)c(C(C)NC(=O)C(N)C(C)(C)C)c1. The van der Waals surface area contributed by atoms with Gasteiger partial charge in [0, 0.05) is 0 Å². The number of aryl methyl sites for hydroxylation is 2. The van der Waals surface area contributed by atoms with Crippen LogP contribution in [0.15, 0.2) is 18.2 Å². The number of rotatable bonds is 3. The summed E-state index contributed by atoms with van der Waals surface area (Å²) in [6.45, 7) is 12.0. The highest BCUT2D eigenvalue weighted by Gasteiger charge is 2.28. The van der Waals surface area contributed by atoms with Gasteiger partial charge in [-0.15, -0.1) is 0 Å². The molecule has 0 bridgehead atoms. The first-order valence-electron chi connectivity index (χ1n) is 6.76. The average Bonchev–Trinajstić information content (AvgIpc) is 2.29. The van der Waals surface area contributed by atoms with Gasteiger partial charge >= 0.3 is 0 Å². The van der Waals surface area contributed by atoms with Crippen LogP contribution in [0.3, 0.4) is 0 Å². The van der Waals surface area contributed by atoms with Crippen LogP contribution in [-0.2, 0) is 4.79 Å². The molecule has 0 radical (unpaired) electrons. The minimum atomic E-state index is -0.500. The molecule has 0 aromatic heterocycles. The summed E-state index contributed by atoms with van der Waals surface area (Å²) in [5, 5.41) is 3.01. The molecule has 106 valence electrons. The predicted molar refractivity (Wildman–Crippen MR) is 79.9 cm³/mol. The Morgan fingerprint density at radius 1 is 1.26 bits per heavy atom. The summed E-state index contributed by atoms with van der Waals surface area (Å²) >= 11 is 0. The summed E-state index contributed by atoms with van der Waals surface area (Å²) in [5.41, 5.74) is 9.27. The van der Waals surface area contributed by atoms with Crippen LogP contribution in [0.2, 0.25) is 0 Å². The fourth-order valence-corrected chi connectivity index (χ4v) is 2.00. The van der Waals surface area contributed by atoms with Gasteiger partial charge in [0.05, 0.1) is 12.1 Å². The third kappa shape index (κ3) is 4.06. The first-order chi connectivity index (χ1) is 8.62. The van der Waals surface area contributed by atoms with E-state index in [0.717, 1.165) is 5.56 Å². The van der Waals surface area contributed by atoms with Crippen LogP contribution >= 0.6 is 0 Å². The highest BCUT2D eigenvalue weighted by Crippen LogP contribution is 2.21. The zero-order valence-corrected chi connectivity index (χ0v) is 12.9. The molecular formula is C16H26N2O. The summed E-state index contributed by atoms with van der Waals surface area (Å²) in [6.07, 6.45) is 0. The maximum absolute atomic E-state index is 12.1. The van der Waals surface area contributed by atoms with Crippen molar-refractivity contribution in [1.82, 2.24) is 5.32 Å². The lowest BCUT2D eigenvalue weighted by molar-refractivity contribution is -0.125. The second kappa shape index (κ2) is 5.74. The highest BCUT2D eigenvalue weighted by molar-refractivity contribution is 5.82. The van der Waals surface area contributed by atoms with E-state index in [4.69, 9.17) is 5.73 Å². The Morgan fingerprint density at radius 2 is 1.84 bits per heavy atom. The van der Waals surface area contributed by atoms with E-state index < -0.39 is 6.04 Å². The topological polar surface area (TPSA) is 55.1 Å². The first kappa shape index (κ1) is 15.7. The van der Waals surface area contributed by atoms with Crippen LogP contribution in [0.25, 0.3) is 0 Å². The number of benzene rings is 1. The van der Waals surface area contributed by atoms with Crippen LogP contribution in [0.5, 0.6) is 0 Å². The second-order valence-electron chi connectivity index (χ2n) is 6.43. The van der Waals surface area contributed by atoms with Crippen molar-refractivity contribution in [3.8, 4) is 0 Å². The van der Waals surface area contributed by atoms with Crippen LogP contribution < -0.4 is 11.1 Å². The Bertz CT molecular complexity index is 460. The zero-order valence-electron chi connectivity index (χ0n) is 12.9. The molecule has 3 heteroatoms. The molecule has 1 rings (SSSR count). The molecule has 0 heterocycles. The lowest BCUT2D eigenvalue weighted by atomic mass is 9.86. The smallest absolute Gasteiger partial charge is 0.237 e. The Kier molecular flexibility index (Phi) is 4.75. The number of amides is 1. The van der Waals surface area contributed by atoms with Crippen molar-refractivity contribution in [2.75, 3.05) is 0 Å². The number of carbonyl (C=O) groups is 1. The van der Waals surface area contributed by atoms with E-state index in [-0.39, 0.29) is 17.4 Å². The van der Waals surface area contributed by atoms with Crippen molar-refractivity contribution in [1.29, 1.82) is 0 Å². The van der Waals surface area contributed by atoms with Gasteiger partial charge in [-0.3, -0.25) is 4.79 Å². The molecule has 2 atom stereocenters. The lowest BCUT2D eigenvalue weighted by Gasteiger charge is -2.28. The molecule has 0 saturated heterocycles. The van der Waals surface area contributed by atoms with Crippen LogP contribution in [0.4, 0.5) is 0 Å². The maximum Gasteiger partial charge on any atom is 0.237 e. The molecule has 1 aromatic rings. The number of hydrogen-bond acceptors (Lipinski definition) is 2. The molecule has 19 heavy (non-hydrogen) atoms. The quantitative estimate of drug-likeness (QED) is 0.880. The van der Waals surface area contributed by atoms with E-state index in [1.807, 2.05) is 27.7 Å². The van der Waals surface area contributed by atoms with Gasteiger partial charge in [-0.2, -0.15) is 0 Å². The van der Waals surface area contributed by atoms with E-state index in [1.165, 1.54) is 11.1 Å². The van der Waals surface area contributed by atoms with E-state index in [2.05, 4.69) is 37.4 Å². The monoisotopic (exact) mass is 262 g/mol. The molecule has 2 unspecified atom stereocenters.